The van der Waals surface area contributed by atoms with E-state index >= 15 is 0 Å². The lowest BCUT2D eigenvalue weighted by Crippen LogP contribution is -2.41. The minimum absolute atomic E-state index is 0.251. The highest BCUT2D eigenvalue weighted by Gasteiger charge is 2.32. The van der Waals surface area contributed by atoms with Crippen LogP contribution in [0.2, 0.25) is 0 Å². The smallest absolute Gasteiger partial charge is 0.244 e. The predicted molar refractivity (Wildman–Crippen MR) is 96.5 cm³/mol. The van der Waals surface area contributed by atoms with Gasteiger partial charge >= 0.3 is 0 Å². The third-order valence-corrected chi connectivity index (χ3v) is 5.11. The van der Waals surface area contributed by atoms with E-state index in [0.29, 0.717) is 12.2 Å². The summed E-state index contributed by atoms with van der Waals surface area (Å²) in [4.78, 5) is 0.251. The molecule has 132 valence electrons. The summed E-state index contributed by atoms with van der Waals surface area (Å²) in [5.74, 6) is 0. The van der Waals surface area contributed by atoms with Crippen molar-refractivity contribution in [3.05, 3.63) is 47.8 Å². The van der Waals surface area contributed by atoms with Crippen molar-refractivity contribution in [2.45, 2.75) is 63.9 Å². The van der Waals surface area contributed by atoms with Crippen LogP contribution in [0.15, 0.2) is 41.4 Å². The maximum atomic E-state index is 12.8. The monoisotopic (exact) mass is 349 g/mol. The van der Waals surface area contributed by atoms with Crippen LogP contribution in [0.3, 0.4) is 0 Å². The number of nitrogens with zero attached hydrogens (tertiary/aromatic N) is 2. The zero-order valence-electron chi connectivity index (χ0n) is 15.3. The van der Waals surface area contributed by atoms with Gasteiger partial charge in [0.25, 0.3) is 0 Å². The first kappa shape index (κ1) is 18.7. The Labute approximate surface area is 145 Å². The van der Waals surface area contributed by atoms with Gasteiger partial charge < -0.3 is 0 Å². The molecule has 0 aliphatic carbocycles. The van der Waals surface area contributed by atoms with E-state index in [4.69, 9.17) is 0 Å². The van der Waals surface area contributed by atoms with Gasteiger partial charge in [0.05, 0.1) is 12.2 Å². The molecule has 0 spiro atoms. The van der Waals surface area contributed by atoms with Crippen molar-refractivity contribution in [3.8, 4) is 0 Å². The highest BCUT2D eigenvalue weighted by Crippen LogP contribution is 2.28. The Morgan fingerprint density at radius 2 is 1.62 bits per heavy atom. The van der Waals surface area contributed by atoms with Crippen molar-refractivity contribution in [1.29, 1.82) is 0 Å². The lowest BCUT2D eigenvalue weighted by Gasteiger charge is -2.22. The van der Waals surface area contributed by atoms with Gasteiger partial charge in [-0.25, -0.2) is 13.1 Å². The molecule has 0 atom stereocenters. The molecule has 6 heteroatoms. The molecule has 5 nitrogen and oxygen atoms in total. The van der Waals surface area contributed by atoms with Gasteiger partial charge in [0.2, 0.25) is 10.0 Å². The molecular formula is C18H27N3O2S. The minimum Gasteiger partial charge on any atom is -0.267 e. The van der Waals surface area contributed by atoms with Crippen LogP contribution in [0.1, 0.15) is 52.8 Å². The summed E-state index contributed by atoms with van der Waals surface area (Å²) in [5.41, 5.74) is 0.739. The summed E-state index contributed by atoms with van der Waals surface area (Å²) in [5, 5.41) is 4.57. The topological polar surface area (TPSA) is 64.0 Å². The lowest BCUT2D eigenvalue weighted by atomic mass is 9.92. The van der Waals surface area contributed by atoms with Gasteiger partial charge in [-0.2, -0.15) is 5.10 Å². The minimum atomic E-state index is -3.64. The van der Waals surface area contributed by atoms with E-state index in [9.17, 15) is 8.42 Å². The van der Waals surface area contributed by atoms with Gasteiger partial charge in [0.1, 0.15) is 4.90 Å². The second-order valence-corrected chi connectivity index (χ2v) is 9.78. The molecule has 0 aliphatic heterocycles. The van der Waals surface area contributed by atoms with E-state index in [1.807, 2.05) is 71.9 Å². The van der Waals surface area contributed by atoms with Crippen LogP contribution in [-0.2, 0) is 22.0 Å². The van der Waals surface area contributed by atoms with E-state index in [0.717, 1.165) is 5.56 Å². The number of sulfonamides is 1. The molecule has 0 saturated heterocycles. The molecule has 0 bridgehead atoms. The summed E-state index contributed by atoms with van der Waals surface area (Å²) in [6.07, 6.45) is 1.63. The fraction of sp³-hybridized carbons (Fsp3) is 0.500. The number of hydrogen-bond donors (Lipinski definition) is 1. The van der Waals surface area contributed by atoms with Crippen LogP contribution in [0.25, 0.3) is 0 Å². The second-order valence-electron chi connectivity index (χ2n) is 8.13. The maximum absolute atomic E-state index is 12.8. The summed E-state index contributed by atoms with van der Waals surface area (Å²) in [7, 11) is -3.64. The lowest BCUT2D eigenvalue weighted by molar-refractivity contribution is 0.486. The first-order valence-corrected chi connectivity index (χ1v) is 9.53. The fourth-order valence-corrected chi connectivity index (χ4v) is 4.21. The van der Waals surface area contributed by atoms with Gasteiger partial charge in [-0.15, -0.1) is 0 Å². The number of nitrogens with one attached hydrogen (secondary N) is 1. The molecule has 0 aliphatic rings. The largest absolute Gasteiger partial charge is 0.267 e. The van der Waals surface area contributed by atoms with Crippen molar-refractivity contribution in [2.75, 3.05) is 0 Å². The quantitative estimate of drug-likeness (QED) is 0.921. The Morgan fingerprint density at radius 3 is 2.12 bits per heavy atom. The zero-order chi connectivity index (χ0) is 18.2. The molecule has 0 saturated carbocycles. The normalized spacial score (nSPS) is 13.2. The molecular weight excluding hydrogens is 322 g/mol. The maximum Gasteiger partial charge on any atom is 0.244 e. The van der Waals surface area contributed by atoms with E-state index in [-0.39, 0.29) is 10.3 Å². The highest BCUT2D eigenvalue weighted by molar-refractivity contribution is 7.89. The van der Waals surface area contributed by atoms with Crippen molar-refractivity contribution < 1.29 is 8.42 Å². The Morgan fingerprint density at radius 1 is 1.04 bits per heavy atom. The summed E-state index contributed by atoms with van der Waals surface area (Å²) >= 11 is 0. The van der Waals surface area contributed by atoms with E-state index in [1.165, 1.54) is 0 Å². The van der Waals surface area contributed by atoms with E-state index in [2.05, 4.69) is 9.82 Å². The van der Waals surface area contributed by atoms with Crippen molar-refractivity contribution in [1.82, 2.24) is 14.5 Å². The van der Waals surface area contributed by atoms with Crippen LogP contribution in [-0.4, -0.2) is 23.7 Å². The number of aromatic nitrogens is 2. The molecule has 0 radical (unpaired) electrons. The standard InChI is InChI=1S/C18H27N3O2S/c1-17(2,3)16-15(24(22,23)20-18(4,5)6)13-21(19-16)12-14-10-8-7-9-11-14/h7-11,13,20H,12H2,1-6H3. The summed E-state index contributed by atoms with van der Waals surface area (Å²) < 4.78 is 30.1. The van der Waals surface area contributed by atoms with Gasteiger partial charge in [-0.05, 0) is 26.3 Å². The summed E-state index contributed by atoms with van der Waals surface area (Å²) in [6.45, 7) is 11.9. The van der Waals surface area contributed by atoms with Crippen molar-refractivity contribution in [2.24, 2.45) is 0 Å². The molecule has 1 N–H and O–H groups in total. The van der Waals surface area contributed by atoms with E-state index in [1.54, 1.807) is 10.9 Å². The van der Waals surface area contributed by atoms with Crippen LogP contribution in [0.5, 0.6) is 0 Å². The van der Waals surface area contributed by atoms with Crippen LogP contribution >= 0.6 is 0 Å². The average Bonchev–Trinajstić information content (AvgIpc) is 2.82. The SMILES string of the molecule is CC(C)(C)NS(=O)(=O)c1cn(Cc2ccccc2)nc1C(C)(C)C. The Hall–Kier alpha value is -1.66. The third-order valence-electron chi connectivity index (χ3n) is 3.36. The van der Waals surface area contributed by atoms with E-state index < -0.39 is 15.6 Å². The molecule has 24 heavy (non-hydrogen) atoms. The second kappa shape index (κ2) is 6.33. The molecule has 1 heterocycles. The van der Waals surface area contributed by atoms with Crippen molar-refractivity contribution >= 4 is 10.0 Å². The van der Waals surface area contributed by atoms with Crippen LogP contribution < -0.4 is 4.72 Å². The van der Waals surface area contributed by atoms with Gasteiger partial charge in [0, 0.05) is 17.2 Å². The number of rotatable bonds is 4. The predicted octanol–water partition coefficient (Wildman–Crippen LogP) is 3.31. The fourth-order valence-electron chi connectivity index (χ4n) is 2.43. The van der Waals surface area contributed by atoms with Crippen molar-refractivity contribution in [3.63, 3.8) is 0 Å². The Kier molecular flexibility index (Phi) is 4.93. The molecule has 0 amide bonds. The third kappa shape index (κ3) is 4.68. The number of hydrogen-bond acceptors (Lipinski definition) is 3. The van der Waals surface area contributed by atoms with Crippen LogP contribution in [0, 0.1) is 0 Å². The first-order valence-electron chi connectivity index (χ1n) is 8.04. The molecule has 2 aromatic rings. The molecule has 2 rings (SSSR count). The highest BCUT2D eigenvalue weighted by atomic mass is 32.2. The van der Waals surface area contributed by atoms with Gasteiger partial charge in [-0.3, -0.25) is 4.68 Å². The molecule has 1 aromatic carbocycles. The average molecular weight is 350 g/mol. The zero-order valence-corrected chi connectivity index (χ0v) is 16.1. The molecule has 0 fully saturated rings. The van der Waals surface area contributed by atoms with Crippen LogP contribution in [0.4, 0.5) is 0 Å². The Bertz CT molecular complexity index is 795. The summed E-state index contributed by atoms with van der Waals surface area (Å²) in [6, 6.07) is 9.88. The molecule has 0 unspecified atom stereocenters. The Balaban J connectivity index is 2.47. The van der Waals surface area contributed by atoms with Gasteiger partial charge in [-0.1, -0.05) is 51.1 Å². The number of benzene rings is 1. The molecule has 1 aromatic heterocycles. The van der Waals surface area contributed by atoms with Gasteiger partial charge in [0.15, 0.2) is 0 Å². The first-order chi connectivity index (χ1) is 10.9.